The van der Waals surface area contributed by atoms with Crippen LogP contribution in [0.3, 0.4) is 0 Å². The van der Waals surface area contributed by atoms with Crippen LogP contribution in [0.25, 0.3) is 0 Å². The van der Waals surface area contributed by atoms with Crippen molar-refractivity contribution in [2.75, 3.05) is 20.8 Å². The summed E-state index contributed by atoms with van der Waals surface area (Å²) in [5, 5.41) is 12.1. The van der Waals surface area contributed by atoms with E-state index in [1.54, 1.807) is 21.1 Å². The SMILES string of the molecule is COc1ccc(CCNC(C)C(C)C(=O)O)cc1OC. The molecule has 0 heterocycles. The highest BCUT2D eigenvalue weighted by Crippen LogP contribution is 2.27. The van der Waals surface area contributed by atoms with E-state index in [0.717, 1.165) is 12.0 Å². The molecule has 1 aromatic carbocycles. The molecule has 0 aliphatic carbocycles. The van der Waals surface area contributed by atoms with E-state index in [1.807, 2.05) is 25.1 Å². The molecule has 0 spiro atoms. The Morgan fingerprint density at radius 2 is 1.90 bits per heavy atom. The van der Waals surface area contributed by atoms with E-state index < -0.39 is 11.9 Å². The van der Waals surface area contributed by atoms with Crippen molar-refractivity contribution in [1.29, 1.82) is 0 Å². The van der Waals surface area contributed by atoms with Crippen LogP contribution in [0.2, 0.25) is 0 Å². The largest absolute Gasteiger partial charge is 0.493 e. The minimum Gasteiger partial charge on any atom is -0.493 e. The molecular formula is C15H23NO4. The van der Waals surface area contributed by atoms with Gasteiger partial charge in [-0.1, -0.05) is 13.0 Å². The molecule has 1 rings (SSSR count). The zero-order valence-electron chi connectivity index (χ0n) is 12.5. The second-order valence-corrected chi connectivity index (χ2v) is 4.81. The van der Waals surface area contributed by atoms with Gasteiger partial charge in [-0.05, 0) is 37.6 Å². The molecule has 2 unspecified atom stereocenters. The number of methoxy groups -OCH3 is 2. The van der Waals surface area contributed by atoms with Crippen molar-refractivity contribution in [2.24, 2.45) is 5.92 Å². The maximum atomic E-state index is 10.9. The minimum atomic E-state index is -0.781. The minimum absolute atomic E-state index is 0.0624. The molecule has 0 saturated carbocycles. The van der Waals surface area contributed by atoms with Crippen molar-refractivity contribution >= 4 is 5.97 Å². The third-order valence-corrected chi connectivity index (χ3v) is 3.47. The van der Waals surface area contributed by atoms with Crippen LogP contribution >= 0.6 is 0 Å². The monoisotopic (exact) mass is 281 g/mol. The van der Waals surface area contributed by atoms with Crippen LogP contribution < -0.4 is 14.8 Å². The number of carboxylic acid groups (broad SMARTS) is 1. The first kappa shape index (κ1) is 16.3. The van der Waals surface area contributed by atoms with Gasteiger partial charge in [0.1, 0.15) is 0 Å². The molecule has 0 fully saturated rings. The maximum absolute atomic E-state index is 10.9. The average molecular weight is 281 g/mol. The number of hydrogen-bond donors (Lipinski definition) is 2. The summed E-state index contributed by atoms with van der Waals surface area (Å²) in [7, 11) is 3.21. The van der Waals surface area contributed by atoms with Crippen LogP contribution in [-0.2, 0) is 11.2 Å². The molecule has 0 aromatic heterocycles. The quantitative estimate of drug-likeness (QED) is 0.762. The van der Waals surface area contributed by atoms with Gasteiger partial charge in [-0.25, -0.2) is 0 Å². The summed E-state index contributed by atoms with van der Waals surface area (Å²) in [5.41, 5.74) is 1.12. The second kappa shape index (κ2) is 7.75. The lowest BCUT2D eigenvalue weighted by atomic mass is 10.0. The third-order valence-electron chi connectivity index (χ3n) is 3.47. The van der Waals surface area contributed by atoms with Gasteiger partial charge >= 0.3 is 5.97 Å². The molecule has 1 aromatic rings. The van der Waals surface area contributed by atoms with E-state index in [0.29, 0.717) is 18.0 Å². The Hall–Kier alpha value is -1.75. The number of ether oxygens (including phenoxy) is 2. The van der Waals surface area contributed by atoms with Crippen LogP contribution in [0.15, 0.2) is 18.2 Å². The number of rotatable bonds is 8. The summed E-state index contributed by atoms with van der Waals surface area (Å²) in [6.07, 6.45) is 0.803. The zero-order valence-corrected chi connectivity index (χ0v) is 12.5. The predicted octanol–water partition coefficient (Wildman–Crippen LogP) is 1.95. The molecule has 0 bridgehead atoms. The van der Waals surface area contributed by atoms with Gasteiger partial charge in [0.2, 0.25) is 0 Å². The molecule has 5 heteroatoms. The van der Waals surface area contributed by atoms with E-state index >= 15 is 0 Å². The topological polar surface area (TPSA) is 67.8 Å². The normalized spacial score (nSPS) is 13.6. The van der Waals surface area contributed by atoms with Crippen molar-refractivity contribution < 1.29 is 19.4 Å². The fourth-order valence-electron chi connectivity index (χ4n) is 1.87. The molecule has 0 saturated heterocycles. The number of nitrogens with one attached hydrogen (secondary N) is 1. The molecule has 112 valence electrons. The number of hydrogen-bond acceptors (Lipinski definition) is 4. The first-order valence-electron chi connectivity index (χ1n) is 6.66. The van der Waals surface area contributed by atoms with Crippen molar-refractivity contribution in [1.82, 2.24) is 5.32 Å². The molecular weight excluding hydrogens is 258 g/mol. The summed E-state index contributed by atoms with van der Waals surface area (Å²) < 4.78 is 10.4. The van der Waals surface area contributed by atoms with Crippen molar-refractivity contribution in [2.45, 2.75) is 26.3 Å². The highest BCUT2D eigenvalue weighted by Gasteiger charge is 2.18. The van der Waals surface area contributed by atoms with Crippen molar-refractivity contribution in [3.8, 4) is 11.5 Å². The Bertz CT molecular complexity index is 447. The van der Waals surface area contributed by atoms with Crippen LogP contribution in [0.1, 0.15) is 19.4 Å². The molecule has 0 aliphatic heterocycles. The summed E-state index contributed by atoms with van der Waals surface area (Å²) in [6, 6.07) is 5.73. The zero-order chi connectivity index (χ0) is 15.1. The molecule has 0 aliphatic rings. The van der Waals surface area contributed by atoms with E-state index in [2.05, 4.69) is 5.32 Å². The van der Waals surface area contributed by atoms with Gasteiger partial charge in [-0.3, -0.25) is 4.79 Å². The Balaban J connectivity index is 2.52. The summed E-state index contributed by atoms with van der Waals surface area (Å²) >= 11 is 0. The predicted molar refractivity (Wildman–Crippen MR) is 77.5 cm³/mol. The third kappa shape index (κ3) is 4.42. The van der Waals surface area contributed by atoms with Crippen LogP contribution in [0.4, 0.5) is 0 Å². The molecule has 0 amide bonds. The van der Waals surface area contributed by atoms with Crippen molar-refractivity contribution in [3.63, 3.8) is 0 Å². The lowest BCUT2D eigenvalue weighted by Gasteiger charge is -2.18. The number of benzene rings is 1. The highest BCUT2D eigenvalue weighted by atomic mass is 16.5. The fraction of sp³-hybridized carbons (Fsp3) is 0.533. The summed E-state index contributed by atoms with van der Waals surface area (Å²) in [4.78, 5) is 10.9. The van der Waals surface area contributed by atoms with E-state index in [4.69, 9.17) is 14.6 Å². The number of carbonyl (C=O) groups is 1. The van der Waals surface area contributed by atoms with E-state index in [-0.39, 0.29) is 6.04 Å². The van der Waals surface area contributed by atoms with Gasteiger partial charge in [0.25, 0.3) is 0 Å². The van der Waals surface area contributed by atoms with Gasteiger partial charge < -0.3 is 19.9 Å². The number of carboxylic acids is 1. The molecule has 20 heavy (non-hydrogen) atoms. The molecule has 2 atom stereocenters. The Morgan fingerprint density at radius 3 is 2.45 bits per heavy atom. The highest BCUT2D eigenvalue weighted by molar-refractivity contribution is 5.70. The maximum Gasteiger partial charge on any atom is 0.307 e. The van der Waals surface area contributed by atoms with Crippen LogP contribution in [0, 0.1) is 5.92 Å². The fourth-order valence-corrected chi connectivity index (χ4v) is 1.87. The average Bonchev–Trinajstić information content (AvgIpc) is 2.45. The van der Waals surface area contributed by atoms with Gasteiger partial charge in [0, 0.05) is 6.04 Å². The smallest absolute Gasteiger partial charge is 0.307 e. The second-order valence-electron chi connectivity index (χ2n) is 4.81. The molecule has 5 nitrogen and oxygen atoms in total. The van der Waals surface area contributed by atoms with E-state index in [9.17, 15) is 4.79 Å². The first-order chi connectivity index (χ1) is 9.49. The van der Waals surface area contributed by atoms with Gasteiger partial charge in [-0.2, -0.15) is 0 Å². The van der Waals surface area contributed by atoms with E-state index in [1.165, 1.54) is 0 Å². The molecule has 2 N–H and O–H groups in total. The van der Waals surface area contributed by atoms with Crippen LogP contribution in [0.5, 0.6) is 11.5 Å². The standard InChI is InChI=1S/C15H23NO4/c1-10(15(17)18)11(2)16-8-7-12-5-6-13(19-3)14(9-12)20-4/h5-6,9-11,16H,7-8H2,1-4H3,(H,17,18). The first-order valence-corrected chi connectivity index (χ1v) is 6.66. The van der Waals surface area contributed by atoms with Gasteiger partial charge in [-0.15, -0.1) is 0 Å². The number of aliphatic carboxylic acids is 1. The lowest BCUT2D eigenvalue weighted by molar-refractivity contribution is -0.141. The van der Waals surface area contributed by atoms with Crippen molar-refractivity contribution in [3.05, 3.63) is 23.8 Å². The van der Waals surface area contributed by atoms with Gasteiger partial charge in [0.15, 0.2) is 11.5 Å². The van der Waals surface area contributed by atoms with Crippen LogP contribution in [-0.4, -0.2) is 37.9 Å². The molecule has 0 radical (unpaired) electrons. The summed E-state index contributed by atoms with van der Waals surface area (Å²) in [5.74, 6) is 0.227. The Kier molecular flexibility index (Phi) is 6.31. The van der Waals surface area contributed by atoms with Gasteiger partial charge in [0.05, 0.1) is 20.1 Å². The lowest BCUT2D eigenvalue weighted by Crippen LogP contribution is -2.37. The summed E-state index contributed by atoms with van der Waals surface area (Å²) in [6.45, 7) is 4.30. The Labute approximate surface area is 119 Å². The Morgan fingerprint density at radius 1 is 1.25 bits per heavy atom.